The molecule has 0 unspecified atom stereocenters. The predicted octanol–water partition coefficient (Wildman–Crippen LogP) is 3.76. The van der Waals surface area contributed by atoms with Gasteiger partial charge in [0.1, 0.15) is 11.9 Å². The fourth-order valence-electron chi connectivity index (χ4n) is 4.43. The topological polar surface area (TPSA) is 51.1 Å². The van der Waals surface area contributed by atoms with Gasteiger partial charge in [0, 0.05) is 24.9 Å². The maximum absolute atomic E-state index is 14.1. The van der Waals surface area contributed by atoms with Gasteiger partial charge in [0.25, 0.3) is 0 Å². The minimum atomic E-state index is -0.527. The molecule has 6 heteroatoms. The minimum absolute atomic E-state index is 0.121. The highest BCUT2D eigenvalue weighted by Crippen LogP contribution is 2.41. The molecule has 0 radical (unpaired) electrons. The van der Waals surface area contributed by atoms with Crippen molar-refractivity contribution in [1.82, 2.24) is 4.90 Å². The monoisotopic (exact) mass is 388 g/mol. The van der Waals surface area contributed by atoms with Gasteiger partial charge in [-0.2, -0.15) is 0 Å². The van der Waals surface area contributed by atoms with Crippen molar-refractivity contribution in [2.75, 3.05) is 26.2 Å². The van der Waals surface area contributed by atoms with Crippen LogP contribution in [0, 0.1) is 17.2 Å². The zero-order valence-electron chi connectivity index (χ0n) is 16.5. The van der Waals surface area contributed by atoms with Gasteiger partial charge in [-0.3, -0.25) is 4.79 Å². The molecule has 1 atom stereocenters. The largest absolute Gasteiger partial charge is 0.466 e. The number of carbonyl (C=O) groups is 1. The summed E-state index contributed by atoms with van der Waals surface area (Å²) in [6.07, 6.45) is 5.13. The average Bonchev–Trinajstić information content (AvgIpc) is 3.40. The molecule has 4 rings (SSSR count). The van der Waals surface area contributed by atoms with E-state index < -0.39 is 5.41 Å². The lowest BCUT2D eigenvalue weighted by atomic mass is 9.73. The Bertz CT molecular complexity index is 739. The van der Waals surface area contributed by atoms with E-state index in [-0.39, 0.29) is 17.9 Å². The van der Waals surface area contributed by atoms with Crippen LogP contribution >= 0.6 is 0 Å². The fraction of sp³-hybridized carbons (Fsp3) is 0.636. The summed E-state index contributed by atoms with van der Waals surface area (Å²) in [6.45, 7) is 5.22. The molecule has 2 aliphatic heterocycles. The van der Waals surface area contributed by atoms with Gasteiger partial charge in [0.2, 0.25) is 0 Å². The summed E-state index contributed by atoms with van der Waals surface area (Å²) < 4.78 is 19.5. The molecule has 1 aliphatic carbocycles. The Balaban J connectivity index is 1.41. The number of halogens is 1. The smallest absolute Gasteiger partial charge is 0.312 e. The van der Waals surface area contributed by atoms with Crippen molar-refractivity contribution in [2.45, 2.75) is 51.6 Å². The Labute approximate surface area is 165 Å². The molecule has 0 aromatic heterocycles. The van der Waals surface area contributed by atoms with Crippen LogP contribution in [0.4, 0.5) is 4.39 Å². The second-order valence-electron chi connectivity index (χ2n) is 8.40. The third-order valence-corrected chi connectivity index (χ3v) is 6.27. The summed E-state index contributed by atoms with van der Waals surface area (Å²) in [5.74, 6) is 0.438. The van der Waals surface area contributed by atoms with Crippen LogP contribution in [-0.4, -0.2) is 48.9 Å². The number of hydrogen-bond acceptors (Lipinski definition) is 5. The van der Waals surface area contributed by atoms with E-state index in [1.807, 2.05) is 6.92 Å². The van der Waals surface area contributed by atoms with Gasteiger partial charge in [-0.05, 0) is 57.7 Å². The quantitative estimate of drug-likeness (QED) is 0.668. The molecule has 2 fully saturated rings. The molecule has 3 aliphatic rings. The number of oxime groups is 1. The number of nitrogens with zero attached hydrogens (tertiary/aromatic N) is 2. The van der Waals surface area contributed by atoms with Crippen molar-refractivity contribution in [2.24, 2.45) is 16.5 Å². The van der Waals surface area contributed by atoms with Crippen LogP contribution in [0.25, 0.3) is 0 Å². The first-order valence-electron chi connectivity index (χ1n) is 10.5. The Hall–Kier alpha value is -1.95. The highest BCUT2D eigenvalue weighted by molar-refractivity contribution is 6.01. The lowest BCUT2D eigenvalue weighted by molar-refractivity contribution is -0.161. The normalized spacial score (nSPS) is 24.5. The van der Waals surface area contributed by atoms with Crippen LogP contribution in [0.15, 0.2) is 29.4 Å². The minimum Gasteiger partial charge on any atom is -0.466 e. The first-order valence-corrected chi connectivity index (χ1v) is 10.5. The SMILES string of the molecule is CCOC(=O)C1(C[C@H]2CC(c3ccccc3F)=NO2)CCN(CC2CC2)CC1. The van der Waals surface area contributed by atoms with E-state index in [0.29, 0.717) is 30.7 Å². The van der Waals surface area contributed by atoms with Gasteiger partial charge in [0.05, 0.1) is 17.7 Å². The molecule has 0 amide bonds. The molecule has 0 spiro atoms. The van der Waals surface area contributed by atoms with E-state index in [4.69, 9.17) is 9.57 Å². The summed E-state index contributed by atoms with van der Waals surface area (Å²) in [5.41, 5.74) is 0.573. The van der Waals surface area contributed by atoms with Crippen LogP contribution in [0.1, 0.15) is 51.0 Å². The van der Waals surface area contributed by atoms with E-state index >= 15 is 0 Å². The van der Waals surface area contributed by atoms with Crippen LogP contribution in [0.2, 0.25) is 0 Å². The predicted molar refractivity (Wildman–Crippen MR) is 105 cm³/mol. The molecule has 5 nitrogen and oxygen atoms in total. The number of esters is 1. The summed E-state index contributed by atoms with van der Waals surface area (Å²) in [6, 6.07) is 6.61. The average molecular weight is 388 g/mol. The van der Waals surface area contributed by atoms with Gasteiger partial charge >= 0.3 is 5.97 Å². The molecule has 1 aromatic rings. The standard InChI is InChI=1S/C22H29FN2O3/c1-2-27-21(26)22(9-11-25(12-10-22)15-16-7-8-16)14-17-13-20(24-28-17)18-5-3-4-6-19(18)23/h3-6,16-17H,2,7-15H2,1H3/t17-/m1/s1. The van der Waals surface area contributed by atoms with Crippen LogP contribution in [-0.2, 0) is 14.4 Å². The Morgan fingerprint density at radius 2 is 2.07 bits per heavy atom. The first kappa shape index (κ1) is 19.4. The Kier molecular flexibility index (Phi) is 5.67. The van der Waals surface area contributed by atoms with Gasteiger partial charge in [-0.1, -0.05) is 23.4 Å². The molecule has 0 bridgehead atoms. The molecule has 2 heterocycles. The zero-order valence-corrected chi connectivity index (χ0v) is 16.5. The highest BCUT2D eigenvalue weighted by atomic mass is 19.1. The summed E-state index contributed by atoms with van der Waals surface area (Å²) in [4.78, 5) is 21.0. The number of piperidine rings is 1. The van der Waals surface area contributed by atoms with Crippen molar-refractivity contribution in [3.8, 4) is 0 Å². The number of likely N-dealkylation sites (tertiary alicyclic amines) is 1. The number of rotatable bonds is 7. The maximum Gasteiger partial charge on any atom is 0.312 e. The van der Waals surface area contributed by atoms with Crippen molar-refractivity contribution in [3.05, 3.63) is 35.6 Å². The third-order valence-electron chi connectivity index (χ3n) is 6.27. The Morgan fingerprint density at radius 3 is 2.75 bits per heavy atom. The van der Waals surface area contributed by atoms with Crippen molar-refractivity contribution in [1.29, 1.82) is 0 Å². The molecule has 152 valence electrons. The van der Waals surface area contributed by atoms with E-state index in [0.717, 1.165) is 38.4 Å². The Morgan fingerprint density at radius 1 is 1.32 bits per heavy atom. The molecule has 1 aromatic carbocycles. The van der Waals surface area contributed by atoms with E-state index in [2.05, 4.69) is 10.1 Å². The van der Waals surface area contributed by atoms with E-state index in [9.17, 15) is 9.18 Å². The summed E-state index contributed by atoms with van der Waals surface area (Å²) >= 11 is 0. The van der Waals surface area contributed by atoms with Crippen molar-refractivity contribution in [3.63, 3.8) is 0 Å². The van der Waals surface area contributed by atoms with Crippen LogP contribution in [0.5, 0.6) is 0 Å². The second kappa shape index (κ2) is 8.19. The first-order chi connectivity index (χ1) is 13.6. The number of ether oxygens (including phenoxy) is 1. The van der Waals surface area contributed by atoms with E-state index in [1.165, 1.54) is 18.9 Å². The van der Waals surface area contributed by atoms with Gasteiger partial charge < -0.3 is 14.5 Å². The van der Waals surface area contributed by atoms with Crippen molar-refractivity contribution < 1.29 is 18.8 Å². The summed E-state index contributed by atoms with van der Waals surface area (Å²) in [5, 5.41) is 4.13. The second-order valence-corrected chi connectivity index (χ2v) is 8.40. The molecule has 1 saturated carbocycles. The van der Waals surface area contributed by atoms with Gasteiger partial charge in [0.15, 0.2) is 0 Å². The maximum atomic E-state index is 14.1. The highest BCUT2D eigenvalue weighted by Gasteiger charge is 2.46. The zero-order chi connectivity index (χ0) is 19.6. The van der Waals surface area contributed by atoms with Crippen molar-refractivity contribution >= 4 is 11.7 Å². The molecular formula is C22H29FN2O3. The number of carbonyl (C=O) groups excluding carboxylic acids is 1. The lowest BCUT2D eigenvalue weighted by Gasteiger charge is -2.40. The van der Waals surface area contributed by atoms with Gasteiger partial charge in [-0.25, -0.2) is 4.39 Å². The molecule has 28 heavy (non-hydrogen) atoms. The number of benzene rings is 1. The van der Waals surface area contributed by atoms with Crippen LogP contribution < -0.4 is 0 Å². The third kappa shape index (κ3) is 4.22. The van der Waals surface area contributed by atoms with Gasteiger partial charge in [-0.15, -0.1) is 0 Å². The molecular weight excluding hydrogens is 359 g/mol. The number of hydrogen-bond donors (Lipinski definition) is 0. The lowest BCUT2D eigenvalue weighted by Crippen LogP contribution is -2.47. The van der Waals surface area contributed by atoms with Crippen LogP contribution in [0.3, 0.4) is 0 Å². The fourth-order valence-corrected chi connectivity index (χ4v) is 4.43. The molecule has 1 saturated heterocycles. The summed E-state index contributed by atoms with van der Waals surface area (Å²) in [7, 11) is 0. The van der Waals surface area contributed by atoms with E-state index in [1.54, 1.807) is 18.2 Å². The molecule has 0 N–H and O–H groups in total.